The molecule has 0 radical (unpaired) electrons. The molecule has 3 rings (SSSR count). The van der Waals surface area contributed by atoms with E-state index < -0.39 is 0 Å². The van der Waals surface area contributed by atoms with E-state index >= 15 is 0 Å². The fraction of sp³-hybridized carbons (Fsp3) is 0.429. The molecule has 28 heavy (non-hydrogen) atoms. The Bertz CT molecular complexity index is 766. The van der Waals surface area contributed by atoms with Crippen LogP contribution in [-0.2, 0) is 19.4 Å². The van der Waals surface area contributed by atoms with Crippen molar-refractivity contribution >= 4 is 41.5 Å². The van der Waals surface area contributed by atoms with Crippen molar-refractivity contribution in [2.45, 2.75) is 32.4 Å². The number of hydrogen-bond acceptors (Lipinski definition) is 3. The summed E-state index contributed by atoms with van der Waals surface area (Å²) in [6.07, 6.45) is 3.82. The summed E-state index contributed by atoms with van der Waals surface area (Å²) >= 11 is 5.82. The fourth-order valence-corrected chi connectivity index (χ4v) is 3.48. The smallest absolute Gasteiger partial charge is 0.191 e. The number of nitrogens with one attached hydrogen (secondary N) is 2. The summed E-state index contributed by atoms with van der Waals surface area (Å²) in [5.74, 6) is 0.834. The van der Waals surface area contributed by atoms with E-state index in [1.807, 2.05) is 18.3 Å². The lowest BCUT2D eigenvalue weighted by Crippen LogP contribution is -2.47. The molecule has 1 aliphatic heterocycles. The Hall–Kier alpha value is -1.38. The average Bonchev–Trinajstić information content (AvgIpc) is 2.71. The molecule has 0 amide bonds. The average molecular weight is 514 g/mol. The molecule has 0 saturated carbocycles. The molecule has 1 aromatic carbocycles. The molecule has 7 heteroatoms. The SMILES string of the molecule is CN=C(NCCc1ccc(Cl)nc1)NCC(C)N1CCc2ccccc2C1.I. The highest BCUT2D eigenvalue weighted by molar-refractivity contribution is 14.0. The molecular formula is C21H29ClIN5. The van der Waals surface area contributed by atoms with Crippen molar-refractivity contribution < 1.29 is 0 Å². The molecule has 0 spiro atoms. The van der Waals surface area contributed by atoms with Crippen molar-refractivity contribution in [2.75, 3.05) is 26.7 Å². The Morgan fingerprint density at radius 3 is 2.71 bits per heavy atom. The maximum atomic E-state index is 5.82. The summed E-state index contributed by atoms with van der Waals surface area (Å²) in [4.78, 5) is 11.0. The van der Waals surface area contributed by atoms with Crippen molar-refractivity contribution in [3.63, 3.8) is 0 Å². The van der Waals surface area contributed by atoms with Gasteiger partial charge in [-0.25, -0.2) is 4.98 Å². The zero-order valence-electron chi connectivity index (χ0n) is 16.5. The van der Waals surface area contributed by atoms with Crippen LogP contribution in [0.15, 0.2) is 47.6 Å². The molecule has 1 atom stereocenters. The highest BCUT2D eigenvalue weighted by Crippen LogP contribution is 2.19. The lowest BCUT2D eigenvalue weighted by Gasteiger charge is -2.34. The van der Waals surface area contributed by atoms with Crippen LogP contribution in [0.2, 0.25) is 5.15 Å². The molecule has 2 N–H and O–H groups in total. The van der Waals surface area contributed by atoms with Gasteiger partial charge in [0.15, 0.2) is 5.96 Å². The second-order valence-electron chi connectivity index (χ2n) is 6.96. The van der Waals surface area contributed by atoms with E-state index in [2.05, 4.69) is 56.7 Å². The number of rotatable bonds is 6. The van der Waals surface area contributed by atoms with Gasteiger partial charge in [0.2, 0.25) is 0 Å². The van der Waals surface area contributed by atoms with E-state index in [1.54, 1.807) is 7.05 Å². The normalized spacial score (nSPS) is 15.3. The number of aromatic nitrogens is 1. The molecule has 0 fully saturated rings. The second kappa shape index (κ2) is 11.6. The standard InChI is InChI=1S/C21H28ClN5.HI/c1-16(27-12-10-18-5-3-4-6-19(18)15-27)13-26-21(23-2)24-11-9-17-7-8-20(22)25-14-17;/h3-8,14,16H,9-13,15H2,1-2H3,(H2,23,24,26);1H. The molecular weight excluding hydrogens is 485 g/mol. The molecule has 152 valence electrons. The molecule has 2 heterocycles. The molecule has 0 saturated heterocycles. The molecule has 1 unspecified atom stereocenters. The third kappa shape index (κ3) is 6.60. The van der Waals surface area contributed by atoms with Gasteiger partial charge in [-0.2, -0.15) is 0 Å². The summed E-state index contributed by atoms with van der Waals surface area (Å²) in [5.41, 5.74) is 4.10. The number of aliphatic imine (C=N–C) groups is 1. The molecule has 0 aliphatic carbocycles. The van der Waals surface area contributed by atoms with Gasteiger partial charge in [0.05, 0.1) is 0 Å². The van der Waals surface area contributed by atoms with Crippen molar-refractivity contribution in [3.8, 4) is 0 Å². The number of pyridine rings is 1. The van der Waals surface area contributed by atoms with Gasteiger partial charge in [-0.1, -0.05) is 41.9 Å². The van der Waals surface area contributed by atoms with Crippen molar-refractivity contribution in [2.24, 2.45) is 4.99 Å². The minimum Gasteiger partial charge on any atom is -0.356 e. The highest BCUT2D eigenvalue weighted by atomic mass is 127. The van der Waals surface area contributed by atoms with Gasteiger partial charge in [-0.05, 0) is 42.5 Å². The van der Waals surface area contributed by atoms with Crippen molar-refractivity contribution in [1.82, 2.24) is 20.5 Å². The lowest BCUT2D eigenvalue weighted by atomic mass is 9.99. The maximum absolute atomic E-state index is 5.82. The number of halogens is 2. The second-order valence-corrected chi connectivity index (χ2v) is 7.34. The van der Waals surface area contributed by atoms with E-state index in [1.165, 1.54) is 11.1 Å². The Balaban J connectivity index is 0.00000280. The third-order valence-corrected chi connectivity index (χ3v) is 5.29. The predicted octanol–water partition coefficient (Wildman–Crippen LogP) is 3.51. The van der Waals surface area contributed by atoms with Gasteiger partial charge in [-0.3, -0.25) is 9.89 Å². The van der Waals surface area contributed by atoms with E-state index in [4.69, 9.17) is 11.6 Å². The first-order valence-corrected chi connectivity index (χ1v) is 9.89. The zero-order valence-corrected chi connectivity index (χ0v) is 19.6. The van der Waals surface area contributed by atoms with Gasteiger partial charge < -0.3 is 10.6 Å². The largest absolute Gasteiger partial charge is 0.356 e. The number of hydrogen-bond donors (Lipinski definition) is 2. The summed E-state index contributed by atoms with van der Waals surface area (Å²) in [7, 11) is 1.81. The summed E-state index contributed by atoms with van der Waals surface area (Å²) in [5, 5.41) is 7.34. The van der Waals surface area contributed by atoms with Gasteiger partial charge >= 0.3 is 0 Å². The van der Waals surface area contributed by atoms with Gasteiger partial charge in [0, 0.05) is 45.5 Å². The first-order chi connectivity index (χ1) is 13.2. The van der Waals surface area contributed by atoms with Crippen LogP contribution in [0, 0.1) is 0 Å². The van der Waals surface area contributed by atoms with Gasteiger partial charge in [-0.15, -0.1) is 24.0 Å². The van der Waals surface area contributed by atoms with E-state index in [9.17, 15) is 0 Å². The number of nitrogens with zero attached hydrogens (tertiary/aromatic N) is 3. The number of benzene rings is 1. The van der Waals surface area contributed by atoms with Crippen LogP contribution in [0.1, 0.15) is 23.6 Å². The minimum absolute atomic E-state index is 0. The Labute approximate surface area is 190 Å². The lowest BCUT2D eigenvalue weighted by molar-refractivity contribution is 0.191. The predicted molar refractivity (Wildman–Crippen MR) is 128 cm³/mol. The summed E-state index contributed by atoms with van der Waals surface area (Å²) < 4.78 is 0. The summed E-state index contributed by atoms with van der Waals surface area (Å²) in [6, 6.07) is 13.0. The van der Waals surface area contributed by atoms with Crippen LogP contribution >= 0.6 is 35.6 Å². The molecule has 5 nitrogen and oxygen atoms in total. The molecule has 2 aromatic rings. The van der Waals surface area contributed by atoms with Crippen LogP contribution in [0.25, 0.3) is 0 Å². The fourth-order valence-electron chi connectivity index (χ4n) is 3.37. The van der Waals surface area contributed by atoms with E-state index in [0.717, 1.165) is 50.5 Å². The molecule has 0 bridgehead atoms. The van der Waals surface area contributed by atoms with Crippen LogP contribution in [0.3, 0.4) is 0 Å². The maximum Gasteiger partial charge on any atom is 0.191 e. The minimum atomic E-state index is 0. The van der Waals surface area contributed by atoms with E-state index in [-0.39, 0.29) is 24.0 Å². The topological polar surface area (TPSA) is 52.6 Å². The van der Waals surface area contributed by atoms with Crippen LogP contribution in [0.4, 0.5) is 0 Å². The van der Waals surface area contributed by atoms with E-state index in [0.29, 0.717) is 11.2 Å². The highest BCUT2D eigenvalue weighted by Gasteiger charge is 2.20. The monoisotopic (exact) mass is 513 g/mol. The van der Waals surface area contributed by atoms with Crippen LogP contribution in [-0.4, -0.2) is 48.6 Å². The molecule has 1 aromatic heterocycles. The van der Waals surface area contributed by atoms with Gasteiger partial charge in [0.25, 0.3) is 0 Å². The number of fused-ring (bicyclic) bond motifs is 1. The van der Waals surface area contributed by atoms with Crippen LogP contribution < -0.4 is 10.6 Å². The van der Waals surface area contributed by atoms with Gasteiger partial charge in [0.1, 0.15) is 5.15 Å². The first-order valence-electron chi connectivity index (χ1n) is 9.51. The van der Waals surface area contributed by atoms with Crippen molar-refractivity contribution in [3.05, 3.63) is 64.4 Å². The quantitative estimate of drug-likeness (QED) is 0.269. The van der Waals surface area contributed by atoms with Crippen molar-refractivity contribution in [1.29, 1.82) is 0 Å². The van der Waals surface area contributed by atoms with Crippen LogP contribution in [0.5, 0.6) is 0 Å². The first kappa shape index (κ1) is 22.9. The third-order valence-electron chi connectivity index (χ3n) is 5.07. The Kier molecular flexibility index (Phi) is 9.47. The Morgan fingerprint density at radius 2 is 2.00 bits per heavy atom. The summed E-state index contributed by atoms with van der Waals surface area (Å²) in [6.45, 7) is 6.07. The number of guanidine groups is 1. The molecule has 1 aliphatic rings. The zero-order chi connectivity index (χ0) is 19.1. The Morgan fingerprint density at radius 1 is 1.21 bits per heavy atom.